The van der Waals surface area contributed by atoms with Crippen molar-refractivity contribution in [2.75, 3.05) is 44.2 Å². The first-order valence-electron chi connectivity index (χ1n) is 9.69. The molecule has 0 bridgehead atoms. The second kappa shape index (κ2) is 8.69. The number of hydrogen-bond acceptors (Lipinski definition) is 4. The number of hydrogen-bond donors (Lipinski definition) is 0. The van der Waals surface area contributed by atoms with Crippen molar-refractivity contribution in [2.45, 2.75) is 32.7 Å². The molecule has 2 fully saturated rings. The summed E-state index contributed by atoms with van der Waals surface area (Å²) in [6.45, 7) is 7.48. The molecule has 1 aromatic rings. The van der Waals surface area contributed by atoms with Crippen LogP contribution in [0.3, 0.4) is 0 Å². The van der Waals surface area contributed by atoms with Crippen molar-refractivity contribution in [3.8, 4) is 0 Å². The van der Waals surface area contributed by atoms with Crippen molar-refractivity contribution in [1.29, 1.82) is 0 Å². The number of carbonyl (C=O) groups is 2. The molecule has 6 nitrogen and oxygen atoms in total. The molecule has 0 N–H and O–H groups in total. The third kappa shape index (κ3) is 4.58. The van der Waals surface area contributed by atoms with E-state index in [4.69, 9.17) is 4.74 Å². The van der Waals surface area contributed by atoms with Crippen LogP contribution in [0.15, 0.2) is 24.3 Å². The lowest BCUT2D eigenvalue weighted by Gasteiger charge is -2.26. The van der Waals surface area contributed by atoms with E-state index >= 15 is 0 Å². The van der Waals surface area contributed by atoms with Crippen LogP contribution in [0.5, 0.6) is 0 Å². The minimum absolute atomic E-state index is 0.0593. The van der Waals surface area contributed by atoms with Crippen LogP contribution in [0.1, 0.15) is 26.7 Å². The van der Waals surface area contributed by atoms with E-state index in [0.29, 0.717) is 50.8 Å². The van der Waals surface area contributed by atoms with Gasteiger partial charge in [-0.3, -0.25) is 9.69 Å². The van der Waals surface area contributed by atoms with Gasteiger partial charge in [-0.2, -0.15) is 0 Å². The van der Waals surface area contributed by atoms with E-state index in [1.165, 1.54) is 6.07 Å². The molecule has 1 aromatic carbocycles. The van der Waals surface area contributed by atoms with Gasteiger partial charge in [-0.1, -0.05) is 26.0 Å². The van der Waals surface area contributed by atoms with Crippen molar-refractivity contribution < 1.29 is 18.7 Å². The number of para-hydroxylation sites is 1. The molecule has 27 heavy (non-hydrogen) atoms. The number of carbonyl (C=O) groups excluding carboxylic acids is 2. The molecule has 2 amide bonds. The summed E-state index contributed by atoms with van der Waals surface area (Å²) < 4.78 is 19.4. The maximum atomic E-state index is 14.1. The molecule has 1 unspecified atom stereocenters. The van der Waals surface area contributed by atoms with Gasteiger partial charge in [0.1, 0.15) is 5.82 Å². The Labute approximate surface area is 159 Å². The van der Waals surface area contributed by atoms with Crippen LogP contribution in [0.4, 0.5) is 14.9 Å². The quantitative estimate of drug-likeness (QED) is 0.810. The fraction of sp³-hybridized carbons (Fsp3) is 0.600. The lowest BCUT2D eigenvalue weighted by Crippen LogP contribution is -2.44. The Kier molecular flexibility index (Phi) is 6.31. The smallest absolute Gasteiger partial charge is 0.409 e. The van der Waals surface area contributed by atoms with Crippen molar-refractivity contribution in [3.05, 3.63) is 30.1 Å². The molecule has 0 aromatic heterocycles. The summed E-state index contributed by atoms with van der Waals surface area (Å²) in [6, 6.07) is 6.13. The minimum atomic E-state index is -0.374. The lowest BCUT2D eigenvalue weighted by atomic mass is 10.2. The second-order valence-corrected chi connectivity index (χ2v) is 7.59. The highest BCUT2D eigenvalue weighted by Crippen LogP contribution is 2.27. The highest BCUT2D eigenvalue weighted by atomic mass is 19.1. The van der Waals surface area contributed by atoms with Crippen LogP contribution in [-0.2, 0) is 9.53 Å². The lowest BCUT2D eigenvalue weighted by molar-refractivity contribution is -0.121. The number of anilines is 1. The average Bonchev–Trinajstić information content (AvgIpc) is 2.87. The van der Waals surface area contributed by atoms with E-state index < -0.39 is 0 Å². The Bertz CT molecular complexity index is 682. The SMILES string of the molecule is CC(C)COC(=O)N1CCCN(C2CCN(c3ccccc3F)C2=O)CC1. The normalized spacial score (nSPS) is 21.6. The Balaban J connectivity index is 1.59. The predicted octanol–water partition coefficient (Wildman–Crippen LogP) is 2.73. The van der Waals surface area contributed by atoms with E-state index in [1.54, 1.807) is 28.0 Å². The molecule has 1 atom stereocenters. The van der Waals surface area contributed by atoms with Crippen LogP contribution in [0.2, 0.25) is 0 Å². The average molecular weight is 377 g/mol. The zero-order chi connectivity index (χ0) is 19.4. The third-order valence-electron chi connectivity index (χ3n) is 5.09. The molecule has 0 saturated carbocycles. The maximum Gasteiger partial charge on any atom is 0.409 e. The zero-order valence-corrected chi connectivity index (χ0v) is 16.1. The van der Waals surface area contributed by atoms with Gasteiger partial charge >= 0.3 is 6.09 Å². The molecule has 0 radical (unpaired) electrons. The fourth-order valence-corrected chi connectivity index (χ4v) is 3.67. The first-order valence-corrected chi connectivity index (χ1v) is 9.69. The summed E-state index contributed by atoms with van der Waals surface area (Å²) in [5.74, 6) is -0.129. The Morgan fingerprint density at radius 2 is 1.96 bits per heavy atom. The first kappa shape index (κ1) is 19.6. The van der Waals surface area contributed by atoms with Crippen molar-refractivity contribution >= 4 is 17.7 Å². The predicted molar refractivity (Wildman–Crippen MR) is 101 cm³/mol. The van der Waals surface area contributed by atoms with Crippen molar-refractivity contribution in [1.82, 2.24) is 9.80 Å². The number of nitrogens with zero attached hydrogens (tertiary/aromatic N) is 3. The third-order valence-corrected chi connectivity index (χ3v) is 5.09. The molecule has 7 heteroatoms. The fourth-order valence-electron chi connectivity index (χ4n) is 3.67. The van der Waals surface area contributed by atoms with E-state index in [0.717, 1.165) is 13.0 Å². The van der Waals surface area contributed by atoms with Gasteiger partial charge in [0.2, 0.25) is 5.91 Å². The van der Waals surface area contributed by atoms with Gasteiger partial charge in [-0.25, -0.2) is 9.18 Å². The summed E-state index contributed by atoms with van der Waals surface area (Å²) in [4.78, 5) is 30.4. The van der Waals surface area contributed by atoms with Crippen LogP contribution in [-0.4, -0.2) is 67.2 Å². The number of benzene rings is 1. The molecule has 0 aliphatic carbocycles. The van der Waals surface area contributed by atoms with Crippen LogP contribution in [0, 0.1) is 11.7 Å². The number of amides is 2. The van der Waals surface area contributed by atoms with Crippen molar-refractivity contribution in [2.24, 2.45) is 5.92 Å². The Hall–Kier alpha value is -2.15. The monoisotopic (exact) mass is 377 g/mol. The summed E-state index contributed by atoms with van der Waals surface area (Å²) >= 11 is 0. The van der Waals surface area contributed by atoms with E-state index in [2.05, 4.69) is 4.90 Å². The molecular formula is C20H28FN3O3. The molecule has 148 valence electrons. The van der Waals surface area contributed by atoms with E-state index in [1.807, 2.05) is 13.8 Å². The molecular weight excluding hydrogens is 349 g/mol. The Morgan fingerprint density at radius 3 is 2.70 bits per heavy atom. The van der Waals surface area contributed by atoms with E-state index in [-0.39, 0.29) is 23.9 Å². The molecule has 2 aliphatic rings. The maximum absolute atomic E-state index is 14.1. The van der Waals surface area contributed by atoms with E-state index in [9.17, 15) is 14.0 Å². The number of ether oxygens (including phenoxy) is 1. The van der Waals surface area contributed by atoms with Gasteiger partial charge < -0.3 is 14.5 Å². The highest BCUT2D eigenvalue weighted by Gasteiger charge is 2.38. The van der Waals surface area contributed by atoms with Gasteiger partial charge in [0.05, 0.1) is 18.3 Å². The molecule has 2 saturated heterocycles. The standard InChI is InChI=1S/C20H28FN3O3/c1-15(2)14-27-20(26)23-10-5-9-22(12-13-23)18-8-11-24(19(18)25)17-7-4-3-6-16(17)21/h3-4,6-7,15,18H,5,8-14H2,1-2H3. The van der Waals surface area contributed by atoms with Gasteiger partial charge in [0, 0.05) is 32.7 Å². The summed E-state index contributed by atoms with van der Waals surface area (Å²) in [5, 5.41) is 0. The van der Waals surface area contributed by atoms with Gasteiger partial charge in [-0.15, -0.1) is 0 Å². The number of halogens is 1. The van der Waals surface area contributed by atoms with Gasteiger partial charge in [-0.05, 0) is 30.9 Å². The zero-order valence-electron chi connectivity index (χ0n) is 16.1. The van der Waals surface area contributed by atoms with Crippen molar-refractivity contribution in [3.63, 3.8) is 0 Å². The van der Waals surface area contributed by atoms with Crippen LogP contribution >= 0.6 is 0 Å². The second-order valence-electron chi connectivity index (χ2n) is 7.59. The van der Waals surface area contributed by atoms with Gasteiger partial charge in [0.15, 0.2) is 0 Å². The first-order chi connectivity index (χ1) is 13.0. The number of rotatable bonds is 4. The highest BCUT2D eigenvalue weighted by molar-refractivity contribution is 5.99. The van der Waals surface area contributed by atoms with Gasteiger partial charge in [0.25, 0.3) is 0 Å². The minimum Gasteiger partial charge on any atom is -0.449 e. The molecule has 0 spiro atoms. The molecule has 2 aliphatic heterocycles. The molecule has 2 heterocycles. The largest absolute Gasteiger partial charge is 0.449 e. The van der Waals surface area contributed by atoms with Crippen LogP contribution < -0.4 is 4.90 Å². The summed E-state index contributed by atoms with van der Waals surface area (Å²) in [6.07, 6.45) is 1.18. The Morgan fingerprint density at radius 1 is 1.19 bits per heavy atom. The topological polar surface area (TPSA) is 53.1 Å². The summed E-state index contributed by atoms with van der Waals surface area (Å²) in [5.41, 5.74) is 0.346. The molecule has 3 rings (SSSR count). The van der Waals surface area contributed by atoms with Crippen LogP contribution in [0.25, 0.3) is 0 Å². The summed E-state index contributed by atoms with van der Waals surface area (Å²) in [7, 11) is 0.